The predicted octanol–water partition coefficient (Wildman–Crippen LogP) is 2.98. The third-order valence-corrected chi connectivity index (χ3v) is 3.77. The number of halogens is 2. The number of hydrogen-bond acceptors (Lipinski definition) is 6. The Morgan fingerprint density at radius 3 is 2.25 bits per heavy atom. The van der Waals surface area contributed by atoms with Crippen LogP contribution in [0.4, 0.5) is 14.5 Å². The summed E-state index contributed by atoms with van der Waals surface area (Å²) < 4.78 is 42.5. The van der Waals surface area contributed by atoms with Crippen LogP contribution in [0.15, 0.2) is 30.3 Å². The van der Waals surface area contributed by atoms with E-state index in [0.29, 0.717) is 6.29 Å². The van der Waals surface area contributed by atoms with E-state index in [4.69, 9.17) is 14.2 Å². The number of nitrogens with one attached hydrogen (secondary N) is 1. The maximum absolute atomic E-state index is 13.7. The van der Waals surface area contributed by atoms with Crippen molar-refractivity contribution < 1.29 is 37.4 Å². The van der Waals surface area contributed by atoms with Crippen molar-refractivity contribution in [3.8, 4) is 11.5 Å². The lowest BCUT2D eigenvalue weighted by Gasteiger charge is -2.17. The number of rotatable bonds is 7. The number of anilines is 1. The molecule has 1 N–H and O–H groups in total. The van der Waals surface area contributed by atoms with E-state index < -0.39 is 35.3 Å². The van der Waals surface area contributed by atoms with Crippen LogP contribution >= 0.6 is 0 Å². The van der Waals surface area contributed by atoms with Crippen LogP contribution in [0.3, 0.4) is 0 Å². The number of ether oxygens (including phenoxy) is 3. The van der Waals surface area contributed by atoms with Crippen LogP contribution in [0.2, 0.25) is 0 Å². The lowest BCUT2D eigenvalue weighted by Crippen LogP contribution is -2.31. The van der Waals surface area contributed by atoms with Crippen molar-refractivity contribution in [2.45, 2.75) is 13.0 Å². The van der Waals surface area contributed by atoms with Gasteiger partial charge in [-0.05, 0) is 31.2 Å². The van der Waals surface area contributed by atoms with Gasteiger partial charge < -0.3 is 19.5 Å². The van der Waals surface area contributed by atoms with E-state index in [1.807, 2.05) is 5.32 Å². The number of esters is 1. The summed E-state index contributed by atoms with van der Waals surface area (Å²) in [5.41, 5.74) is -0.952. The molecular formula is C19H17F2NO6. The number of hydrogen-bond donors (Lipinski definition) is 1. The van der Waals surface area contributed by atoms with Gasteiger partial charge in [-0.2, -0.15) is 0 Å². The quantitative estimate of drug-likeness (QED) is 0.575. The minimum Gasteiger partial charge on any atom is -0.493 e. The Labute approximate surface area is 159 Å². The first-order valence-electron chi connectivity index (χ1n) is 8.00. The summed E-state index contributed by atoms with van der Waals surface area (Å²) in [6.07, 6.45) is -1.01. The number of carbonyl (C=O) groups excluding carboxylic acids is 3. The molecule has 0 unspecified atom stereocenters. The first-order chi connectivity index (χ1) is 13.3. The topological polar surface area (TPSA) is 90.9 Å². The minimum absolute atomic E-state index is 0.0459. The van der Waals surface area contributed by atoms with Gasteiger partial charge in [0.2, 0.25) is 0 Å². The SMILES string of the molecule is COc1ccc(C=O)c(C(=O)O[C@H](C)C(=O)Nc2c(F)cccc2F)c1OC. The van der Waals surface area contributed by atoms with Crippen molar-refractivity contribution in [3.63, 3.8) is 0 Å². The fourth-order valence-corrected chi connectivity index (χ4v) is 2.37. The Balaban J connectivity index is 2.25. The maximum atomic E-state index is 13.7. The summed E-state index contributed by atoms with van der Waals surface area (Å²) in [5, 5.41) is 2.02. The van der Waals surface area contributed by atoms with E-state index in [0.717, 1.165) is 18.2 Å². The Hall–Kier alpha value is -3.49. The minimum atomic E-state index is -1.43. The monoisotopic (exact) mass is 393 g/mol. The predicted molar refractivity (Wildman–Crippen MR) is 94.8 cm³/mol. The average molecular weight is 393 g/mol. The Bertz CT molecular complexity index is 895. The molecule has 0 spiro atoms. The van der Waals surface area contributed by atoms with E-state index in [1.165, 1.54) is 33.3 Å². The highest BCUT2D eigenvalue weighted by molar-refractivity contribution is 6.03. The fourth-order valence-electron chi connectivity index (χ4n) is 2.37. The fraction of sp³-hybridized carbons (Fsp3) is 0.211. The van der Waals surface area contributed by atoms with Gasteiger partial charge in [-0.1, -0.05) is 6.07 Å². The number of methoxy groups -OCH3 is 2. The van der Waals surface area contributed by atoms with Crippen LogP contribution < -0.4 is 14.8 Å². The van der Waals surface area contributed by atoms with E-state index >= 15 is 0 Å². The molecule has 0 aliphatic rings. The van der Waals surface area contributed by atoms with E-state index in [2.05, 4.69) is 0 Å². The third kappa shape index (κ3) is 4.25. The molecule has 0 radical (unpaired) electrons. The van der Waals surface area contributed by atoms with Crippen molar-refractivity contribution in [1.82, 2.24) is 0 Å². The van der Waals surface area contributed by atoms with Crippen LogP contribution in [0.25, 0.3) is 0 Å². The molecule has 9 heteroatoms. The van der Waals surface area contributed by atoms with E-state index in [-0.39, 0.29) is 22.6 Å². The molecule has 0 aromatic heterocycles. The van der Waals surface area contributed by atoms with Gasteiger partial charge >= 0.3 is 5.97 Å². The molecule has 0 saturated heterocycles. The van der Waals surface area contributed by atoms with Crippen LogP contribution in [-0.4, -0.2) is 38.5 Å². The van der Waals surface area contributed by atoms with Crippen molar-refractivity contribution >= 4 is 23.9 Å². The lowest BCUT2D eigenvalue weighted by atomic mass is 10.1. The number of carbonyl (C=O) groups is 3. The Kier molecular flexibility index (Phi) is 6.64. The number of benzene rings is 2. The van der Waals surface area contributed by atoms with Crippen LogP contribution in [-0.2, 0) is 9.53 Å². The molecule has 0 heterocycles. The molecule has 2 aromatic rings. The van der Waals surface area contributed by atoms with Crippen LogP contribution in [0, 0.1) is 11.6 Å². The van der Waals surface area contributed by atoms with Crippen LogP contribution in [0.1, 0.15) is 27.6 Å². The van der Waals surface area contributed by atoms with Gasteiger partial charge in [-0.25, -0.2) is 13.6 Å². The number of aldehydes is 1. The molecule has 0 fully saturated rings. The summed E-state index contributed by atoms with van der Waals surface area (Å²) in [7, 11) is 2.60. The second-order valence-electron chi connectivity index (χ2n) is 5.52. The molecule has 0 saturated carbocycles. The van der Waals surface area contributed by atoms with Crippen molar-refractivity contribution in [2.24, 2.45) is 0 Å². The normalized spacial score (nSPS) is 11.3. The average Bonchev–Trinajstić information content (AvgIpc) is 2.69. The highest BCUT2D eigenvalue weighted by atomic mass is 19.1. The van der Waals surface area contributed by atoms with Gasteiger partial charge in [-0.15, -0.1) is 0 Å². The summed E-state index contributed by atoms with van der Waals surface area (Å²) in [4.78, 5) is 36.0. The van der Waals surface area contributed by atoms with Gasteiger partial charge in [0.1, 0.15) is 22.9 Å². The lowest BCUT2D eigenvalue weighted by molar-refractivity contribution is -0.123. The van der Waals surface area contributed by atoms with E-state index in [1.54, 1.807) is 0 Å². The van der Waals surface area contributed by atoms with Gasteiger partial charge in [0, 0.05) is 5.56 Å². The van der Waals surface area contributed by atoms with Crippen molar-refractivity contribution in [3.05, 3.63) is 53.1 Å². The molecule has 1 amide bonds. The molecule has 0 aliphatic carbocycles. The highest BCUT2D eigenvalue weighted by Gasteiger charge is 2.27. The van der Waals surface area contributed by atoms with Crippen molar-refractivity contribution in [1.29, 1.82) is 0 Å². The zero-order chi connectivity index (χ0) is 20.8. The summed E-state index contributed by atoms with van der Waals surface area (Å²) in [6, 6.07) is 5.82. The third-order valence-electron chi connectivity index (χ3n) is 3.77. The number of amides is 1. The van der Waals surface area contributed by atoms with Gasteiger partial charge in [-0.3, -0.25) is 9.59 Å². The van der Waals surface area contributed by atoms with E-state index in [9.17, 15) is 23.2 Å². The molecule has 7 nitrogen and oxygen atoms in total. The molecule has 1 atom stereocenters. The van der Waals surface area contributed by atoms with Crippen molar-refractivity contribution in [2.75, 3.05) is 19.5 Å². The smallest absolute Gasteiger partial charge is 0.343 e. The molecule has 0 bridgehead atoms. The molecular weight excluding hydrogens is 376 g/mol. The zero-order valence-electron chi connectivity index (χ0n) is 15.2. The summed E-state index contributed by atoms with van der Waals surface area (Å²) in [5.74, 6) is -3.86. The molecule has 2 aromatic carbocycles. The molecule has 28 heavy (non-hydrogen) atoms. The van der Waals surface area contributed by atoms with Crippen LogP contribution in [0.5, 0.6) is 11.5 Å². The second kappa shape index (κ2) is 8.94. The van der Waals surface area contributed by atoms with Gasteiger partial charge in [0.15, 0.2) is 23.9 Å². The second-order valence-corrected chi connectivity index (χ2v) is 5.52. The number of para-hydroxylation sites is 1. The van der Waals surface area contributed by atoms with Gasteiger partial charge in [0.05, 0.1) is 14.2 Å². The first-order valence-corrected chi connectivity index (χ1v) is 8.00. The summed E-state index contributed by atoms with van der Waals surface area (Å²) >= 11 is 0. The largest absolute Gasteiger partial charge is 0.493 e. The first kappa shape index (κ1) is 20.8. The Morgan fingerprint density at radius 2 is 1.71 bits per heavy atom. The maximum Gasteiger partial charge on any atom is 0.343 e. The molecule has 2 rings (SSSR count). The summed E-state index contributed by atoms with van der Waals surface area (Å²) in [6.45, 7) is 1.21. The Morgan fingerprint density at radius 1 is 1.07 bits per heavy atom. The molecule has 148 valence electrons. The standard InChI is InChI=1S/C19H17F2NO6/c1-10(18(24)22-16-12(20)5-4-6-13(16)21)28-19(25)15-11(9-23)7-8-14(26-2)17(15)27-3/h4-10H,1-3H3,(H,22,24)/t10-/m1/s1. The van der Waals surface area contributed by atoms with Gasteiger partial charge in [0.25, 0.3) is 5.91 Å². The molecule has 0 aliphatic heterocycles. The zero-order valence-corrected chi connectivity index (χ0v) is 15.2. The highest BCUT2D eigenvalue weighted by Crippen LogP contribution is 2.33.